The summed E-state index contributed by atoms with van der Waals surface area (Å²) in [5.74, 6) is 1.72. The Labute approximate surface area is 213 Å². The molecule has 0 aliphatic heterocycles. The number of rotatable bonds is 10. The highest BCUT2D eigenvalue weighted by atomic mass is 32.2. The summed E-state index contributed by atoms with van der Waals surface area (Å²) in [6, 6.07) is 4.30. The fourth-order valence-corrected chi connectivity index (χ4v) is 8.54. The number of aryl methyl sites for hydroxylation is 1. The van der Waals surface area contributed by atoms with E-state index in [-0.39, 0.29) is 17.3 Å². The first kappa shape index (κ1) is 27.6. The fraction of sp³-hybridized carbons (Fsp3) is 0.750. The molecule has 1 aromatic carbocycles. The molecule has 0 saturated heterocycles. The van der Waals surface area contributed by atoms with Crippen molar-refractivity contribution in [3.05, 3.63) is 29.3 Å². The molecule has 4 rings (SSSR count). The second kappa shape index (κ2) is 10.8. The number of alkyl halides is 3. The SMILES string of the molecule is CCCCCCCCC(=O)[C@H]1CC[C@H]2[C@@H]3CCc4cc(S(=O)(=O)OC(F)(F)F)ccc4[C@H]3CC[C@]12C. The lowest BCUT2D eigenvalue weighted by molar-refractivity contribution is -0.271. The molecule has 8 heteroatoms. The van der Waals surface area contributed by atoms with E-state index in [1.807, 2.05) is 0 Å². The fourth-order valence-electron chi connectivity index (χ4n) is 7.67. The minimum absolute atomic E-state index is 0.0157. The lowest BCUT2D eigenvalue weighted by Crippen LogP contribution is -2.44. The molecule has 0 aromatic heterocycles. The number of ketones is 1. The Morgan fingerprint density at radius 3 is 2.50 bits per heavy atom. The first-order chi connectivity index (χ1) is 17.0. The van der Waals surface area contributed by atoms with Gasteiger partial charge in [-0.2, -0.15) is 12.6 Å². The Morgan fingerprint density at radius 2 is 1.78 bits per heavy atom. The zero-order chi connectivity index (χ0) is 26.1. The van der Waals surface area contributed by atoms with Gasteiger partial charge >= 0.3 is 16.5 Å². The highest BCUT2D eigenvalue weighted by molar-refractivity contribution is 7.86. The van der Waals surface area contributed by atoms with Crippen LogP contribution in [0.15, 0.2) is 23.1 Å². The molecule has 3 aliphatic rings. The molecule has 0 unspecified atom stereocenters. The Hall–Kier alpha value is -1.41. The van der Waals surface area contributed by atoms with Gasteiger partial charge in [-0.1, -0.05) is 52.0 Å². The number of unbranched alkanes of at least 4 members (excludes halogenated alkanes) is 5. The van der Waals surface area contributed by atoms with Gasteiger partial charge in [0.2, 0.25) is 0 Å². The maximum Gasteiger partial charge on any atom is 0.537 e. The zero-order valence-corrected chi connectivity index (χ0v) is 22.2. The third-order valence-corrected chi connectivity index (χ3v) is 10.6. The number of carbonyl (C=O) groups excluding carboxylic acids is 1. The van der Waals surface area contributed by atoms with Crippen LogP contribution in [0.1, 0.15) is 108 Å². The first-order valence-electron chi connectivity index (χ1n) is 13.6. The van der Waals surface area contributed by atoms with Crippen molar-refractivity contribution in [3.63, 3.8) is 0 Å². The number of Topliss-reactive ketones (excluding diaryl/α,β-unsaturated/α-hetero) is 1. The van der Waals surface area contributed by atoms with E-state index >= 15 is 0 Å². The summed E-state index contributed by atoms with van der Waals surface area (Å²) in [5.41, 5.74) is 1.88. The van der Waals surface area contributed by atoms with Crippen LogP contribution in [0.5, 0.6) is 0 Å². The summed E-state index contributed by atoms with van der Waals surface area (Å²) >= 11 is 0. The van der Waals surface area contributed by atoms with E-state index in [9.17, 15) is 26.4 Å². The lowest BCUT2D eigenvalue weighted by atomic mass is 9.54. The van der Waals surface area contributed by atoms with Gasteiger partial charge in [0.25, 0.3) is 0 Å². The summed E-state index contributed by atoms with van der Waals surface area (Å²) in [6.45, 7) is 4.51. The van der Waals surface area contributed by atoms with E-state index in [1.165, 1.54) is 37.8 Å². The molecular formula is C28H39F3O4S. The van der Waals surface area contributed by atoms with Crippen LogP contribution in [0.4, 0.5) is 13.2 Å². The summed E-state index contributed by atoms with van der Waals surface area (Å²) in [5, 5.41) is 0. The van der Waals surface area contributed by atoms with E-state index in [0.717, 1.165) is 56.1 Å². The molecule has 0 amide bonds. The van der Waals surface area contributed by atoms with Gasteiger partial charge in [0, 0.05) is 12.3 Å². The normalized spacial score (nSPS) is 29.9. The molecule has 36 heavy (non-hydrogen) atoms. The minimum Gasteiger partial charge on any atom is -0.299 e. The van der Waals surface area contributed by atoms with Crippen molar-refractivity contribution in [3.8, 4) is 0 Å². The molecule has 2 saturated carbocycles. The molecule has 5 atom stereocenters. The molecule has 4 nitrogen and oxygen atoms in total. The van der Waals surface area contributed by atoms with Crippen LogP contribution in [0.25, 0.3) is 0 Å². The second-order valence-electron chi connectivity index (χ2n) is 11.4. The van der Waals surface area contributed by atoms with Gasteiger partial charge in [0.1, 0.15) is 5.78 Å². The van der Waals surface area contributed by atoms with Gasteiger partial charge in [0.05, 0.1) is 4.90 Å². The van der Waals surface area contributed by atoms with Crippen molar-refractivity contribution in [1.29, 1.82) is 0 Å². The van der Waals surface area contributed by atoms with Crippen LogP contribution in [0, 0.1) is 23.2 Å². The van der Waals surface area contributed by atoms with Crippen molar-refractivity contribution in [2.75, 3.05) is 0 Å². The molecule has 0 heterocycles. The van der Waals surface area contributed by atoms with Gasteiger partial charge in [0.15, 0.2) is 0 Å². The van der Waals surface area contributed by atoms with Gasteiger partial charge in [-0.3, -0.25) is 4.79 Å². The predicted molar refractivity (Wildman–Crippen MR) is 132 cm³/mol. The zero-order valence-electron chi connectivity index (χ0n) is 21.4. The molecule has 202 valence electrons. The van der Waals surface area contributed by atoms with Crippen molar-refractivity contribution in [2.45, 2.75) is 114 Å². The highest BCUT2D eigenvalue weighted by Gasteiger charge is 2.56. The van der Waals surface area contributed by atoms with Crippen LogP contribution >= 0.6 is 0 Å². The van der Waals surface area contributed by atoms with Crippen molar-refractivity contribution >= 4 is 15.9 Å². The molecule has 0 bridgehead atoms. The van der Waals surface area contributed by atoms with Gasteiger partial charge in [-0.25, -0.2) is 0 Å². The molecule has 0 radical (unpaired) electrons. The molecular weight excluding hydrogens is 489 g/mol. The molecule has 1 aromatic rings. The van der Waals surface area contributed by atoms with Crippen LogP contribution in [0.3, 0.4) is 0 Å². The third-order valence-electron chi connectivity index (χ3n) is 9.36. The Balaban J connectivity index is 1.43. The summed E-state index contributed by atoms with van der Waals surface area (Å²) in [4.78, 5) is 12.8. The van der Waals surface area contributed by atoms with Crippen LogP contribution in [-0.4, -0.2) is 20.6 Å². The lowest BCUT2D eigenvalue weighted by Gasteiger charge is -2.50. The number of fused-ring (bicyclic) bond motifs is 5. The number of halogens is 3. The maximum absolute atomic E-state index is 13.2. The average Bonchev–Trinajstić information content (AvgIpc) is 3.16. The van der Waals surface area contributed by atoms with E-state index in [4.69, 9.17) is 0 Å². The van der Waals surface area contributed by atoms with E-state index in [2.05, 4.69) is 18.0 Å². The van der Waals surface area contributed by atoms with Crippen molar-refractivity contribution < 1.29 is 30.6 Å². The Morgan fingerprint density at radius 1 is 1.06 bits per heavy atom. The number of carbonyl (C=O) groups is 1. The van der Waals surface area contributed by atoms with Crippen LogP contribution in [0.2, 0.25) is 0 Å². The van der Waals surface area contributed by atoms with Gasteiger partial charge in [-0.15, -0.1) is 13.2 Å². The van der Waals surface area contributed by atoms with Gasteiger partial charge in [-0.05, 0) is 91.4 Å². The maximum atomic E-state index is 13.2. The van der Waals surface area contributed by atoms with Crippen molar-refractivity contribution in [2.24, 2.45) is 23.2 Å². The average molecular weight is 529 g/mol. The topological polar surface area (TPSA) is 60.4 Å². The van der Waals surface area contributed by atoms with E-state index < -0.39 is 21.4 Å². The highest BCUT2D eigenvalue weighted by Crippen LogP contribution is 2.63. The second-order valence-corrected chi connectivity index (χ2v) is 13.0. The van der Waals surface area contributed by atoms with E-state index in [0.29, 0.717) is 30.5 Å². The van der Waals surface area contributed by atoms with E-state index in [1.54, 1.807) is 6.07 Å². The smallest absolute Gasteiger partial charge is 0.299 e. The summed E-state index contributed by atoms with van der Waals surface area (Å²) in [6.07, 6.45) is 7.90. The summed E-state index contributed by atoms with van der Waals surface area (Å²) in [7, 11) is -4.90. The number of hydrogen-bond donors (Lipinski definition) is 0. The number of hydrogen-bond acceptors (Lipinski definition) is 4. The summed E-state index contributed by atoms with van der Waals surface area (Å²) < 4.78 is 65.2. The Kier molecular flexibility index (Phi) is 8.25. The van der Waals surface area contributed by atoms with Crippen LogP contribution in [-0.2, 0) is 25.5 Å². The molecule has 0 spiro atoms. The van der Waals surface area contributed by atoms with Crippen molar-refractivity contribution in [1.82, 2.24) is 0 Å². The van der Waals surface area contributed by atoms with Crippen LogP contribution < -0.4 is 0 Å². The quantitative estimate of drug-likeness (QED) is 0.231. The predicted octanol–water partition coefficient (Wildman–Crippen LogP) is 7.70. The van der Waals surface area contributed by atoms with Gasteiger partial charge < -0.3 is 0 Å². The monoisotopic (exact) mass is 528 g/mol. The third kappa shape index (κ3) is 5.69. The standard InChI is InChI=1S/C28H39F3O4S/c1-3-4-5-6-7-8-9-26(32)25-15-14-24-23-12-10-19-18-20(36(33,34)35-28(29,30)31)11-13-21(19)22(23)16-17-27(24,25)2/h11,13,18,22-25H,3-10,12,14-17H2,1-2H3/t22-,23-,24+,25-,27+/m1/s1. The molecule has 0 N–H and O–H groups in total. The minimum atomic E-state index is -5.25. The Bertz CT molecular complexity index is 1050. The largest absolute Gasteiger partial charge is 0.537 e. The first-order valence-corrected chi connectivity index (χ1v) is 15.0. The number of benzene rings is 1. The molecule has 3 aliphatic carbocycles. The molecule has 2 fully saturated rings.